The molecule has 1 amide bonds. The van der Waals surface area contributed by atoms with E-state index >= 15 is 0 Å². The Labute approximate surface area is 183 Å². The van der Waals surface area contributed by atoms with Crippen molar-refractivity contribution in [2.45, 2.75) is 13.0 Å². The first-order valence-corrected chi connectivity index (χ1v) is 10.7. The number of carbonyl (C=O) groups is 1. The van der Waals surface area contributed by atoms with Crippen LogP contribution in [-0.2, 0) is 29.0 Å². The number of amides is 1. The summed E-state index contributed by atoms with van der Waals surface area (Å²) >= 11 is -2.24. The van der Waals surface area contributed by atoms with Gasteiger partial charge >= 0.3 is 0 Å². The second-order valence-corrected chi connectivity index (χ2v) is 7.84. The second-order valence-electron chi connectivity index (χ2n) is 7.14. The number of benzene rings is 3. The summed E-state index contributed by atoms with van der Waals surface area (Å²) in [4.78, 5) is 14.4. The molecule has 0 fully saturated rings. The van der Waals surface area contributed by atoms with Gasteiger partial charge in [0.2, 0.25) is 5.91 Å². The molecule has 160 valence electrons. The fraction of sp³-hybridized carbons (Fsp3) is 0.130. The van der Waals surface area contributed by atoms with Crippen LogP contribution in [0, 0.1) is 5.41 Å². The van der Waals surface area contributed by atoms with Gasteiger partial charge in [0.1, 0.15) is 5.84 Å². The van der Waals surface area contributed by atoms with Gasteiger partial charge in [0.15, 0.2) is 0 Å². The summed E-state index contributed by atoms with van der Waals surface area (Å²) < 4.78 is 23.2. The minimum atomic E-state index is -2.24. The molecule has 0 aliphatic carbocycles. The zero-order valence-corrected chi connectivity index (χ0v) is 17.9. The summed E-state index contributed by atoms with van der Waals surface area (Å²) in [6, 6.07) is 22.1. The number of nitrogen functional groups attached to an aromatic ring is 1. The van der Waals surface area contributed by atoms with Crippen LogP contribution in [0.5, 0.6) is 0 Å². The maximum atomic E-state index is 12.8. The third-order valence-electron chi connectivity index (χ3n) is 4.80. The fourth-order valence-electron chi connectivity index (χ4n) is 3.26. The number of amidine groups is 1. The highest BCUT2D eigenvalue weighted by molar-refractivity contribution is 7.80. The van der Waals surface area contributed by atoms with E-state index in [1.54, 1.807) is 36.2 Å². The molecule has 3 aromatic carbocycles. The molecule has 8 heteroatoms. The number of nitrogens with one attached hydrogen (secondary N) is 2. The molecule has 0 radical (unpaired) electrons. The summed E-state index contributed by atoms with van der Waals surface area (Å²) in [5.74, 6) is -0.118. The Morgan fingerprint density at radius 1 is 1.06 bits per heavy atom. The first-order chi connectivity index (χ1) is 14.8. The van der Waals surface area contributed by atoms with Crippen LogP contribution < -0.4 is 10.5 Å². The number of hydrogen-bond donors (Lipinski definition) is 4. The first kappa shape index (κ1) is 22.2. The summed E-state index contributed by atoms with van der Waals surface area (Å²) in [5, 5.41) is 7.55. The molecule has 7 nitrogen and oxygen atoms in total. The average Bonchev–Trinajstić information content (AvgIpc) is 2.74. The largest absolute Gasteiger partial charge is 0.384 e. The average molecular weight is 437 g/mol. The SMILES string of the molecule is CN(Cc1cccc(C(=N)N)c1)C(=O)Cc1ccc(-c2ccccc2)c(NS(=O)O)c1. The highest BCUT2D eigenvalue weighted by Gasteiger charge is 2.14. The normalized spacial score (nSPS) is 11.5. The molecule has 0 saturated carbocycles. The number of rotatable bonds is 8. The van der Waals surface area contributed by atoms with Crippen LogP contribution >= 0.6 is 0 Å². The quantitative estimate of drug-likeness (QED) is 0.246. The molecule has 0 heterocycles. The lowest BCUT2D eigenvalue weighted by Gasteiger charge is -2.18. The smallest absolute Gasteiger partial charge is 0.259 e. The molecule has 0 aromatic heterocycles. The Kier molecular flexibility index (Phi) is 7.17. The number of nitrogens with two attached hydrogens (primary N) is 1. The first-order valence-electron chi connectivity index (χ1n) is 9.56. The van der Waals surface area contributed by atoms with E-state index in [-0.39, 0.29) is 18.2 Å². The van der Waals surface area contributed by atoms with Crippen LogP contribution in [0.2, 0.25) is 0 Å². The van der Waals surface area contributed by atoms with Crippen molar-refractivity contribution in [1.82, 2.24) is 4.90 Å². The van der Waals surface area contributed by atoms with E-state index in [0.717, 1.165) is 22.3 Å². The predicted molar refractivity (Wildman–Crippen MR) is 124 cm³/mol. The third kappa shape index (κ3) is 6.00. The van der Waals surface area contributed by atoms with E-state index in [0.29, 0.717) is 17.8 Å². The van der Waals surface area contributed by atoms with Crippen molar-refractivity contribution in [1.29, 1.82) is 5.41 Å². The Balaban J connectivity index is 1.76. The highest BCUT2D eigenvalue weighted by atomic mass is 32.2. The van der Waals surface area contributed by atoms with Crippen molar-refractivity contribution in [3.8, 4) is 11.1 Å². The van der Waals surface area contributed by atoms with Gasteiger partial charge in [0, 0.05) is 24.7 Å². The van der Waals surface area contributed by atoms with Gasteiger partial charge in [-0.15, -0.1) is 0 Å². The number of hydrogen-bond acceptors (Lipinski definition) is 3. The zero-order valence-electron chi connectivity index (χ0n) is 17.0. The van der Waals surface area contributed by atoms with Crippen LogP contribution in [0.4, 0.5) is 5.69 Å². The molecule has 0 aliphatic rings. The summed E-state index contributed by atoms with van der Waals surface area (Å²) in [5.41, 5.74) is 9.90. The summed E-state index contributed by atoms with van der Waals surface area (Å²) in [7, 11) is 1.71. The lowest BCUT2D eigenvalue weighted by molar-refractivity contribution is -0.129. The van der Waals surface area contributed by atoms with Gasteiger partial charge in [0.25, 0.3) is 11.3 Å². The van der Waals surface area contributed by atoms with E-state index < -0.39 is 11.3 Å². The predicted octanol–water partition coefficient (Wildman–Crippen LogP) is 3.39. The Morgan fingerprint density at radius 3 is 2.48 bits per heavy atom. The van der Waals surface area contributed by atoms with Gasteiger partial charge in [-0.1, -0.05) is 60.7 Å². The second kappa shape index (κ2) is 10.0. The topological polar surface area (TPSA) is 120 Å². The molecular weight excluding hydrogens is 412 g/mol. The number of likely N-dealkylation sites (N-methyl/N-ethyl adjacent to an activating group) is 1. The van der Waals surface area contributed by atoms with Crippen LogP contribution in [0.15, 0.2) is 72.8 Å². The van der Waals surface area contributed by atoms with Crippen molar-refractivity contribution in [3.05, 3.63) is 89.5 Å². The molecule has 3 aromatic rings. The van der Waals surface area contributed by atoms with Crippen molar-refractivity contribution in [2.24, 2.45) is 5.73 Å². The number of anilines is 1. The van der Waals surface area contributed by atoms with E-state index in [1.165, 1.54) is 0 Å². The van der Waals surface area contributed by atoms with Gasteiger partial charge in [0.05, 0.1) is 12.1 Å². The zero-order chi connectivity index (χ0) is 22.4. The Bertz CT molecular complexity index is 1120. The van der Waals surface area contributed by atoms with Crippen LogP contribution in [0.3, 0.4) is 0 Å². The molecule has 1 unspecified atom stereocenters. The number of nitrogens with zero attached hydrogens (tertiary/aromatic N) is 1. The molecule has 3 rings (SSSR count). The van der Waals surface area contributed by atoms with E-state index in [2.05, 4.69) is 4.72 Å². The summed E-state index contributed by atoms with van der Waals surface area (Å²) in [6.45, 7) is 0.383. The molecule has 1 atom stereocenters. The molecule has 31 heavy (non-hydrogen) atoms. The fourth-order valence-corrected chi connectivity index (χ4v) is 3.62. The maximum Gasteiger partial charge on any atom is 0.259 e. The lowest BCUT2D eigenvalue weighted by atomic mass is 10.0. The van der Waals surface area contributed by atoms with Gasteiger partial charge in [-0.2, -0.15) is 0 Å². The highest BCUT2D eigenvalue weighted by Crippen LogP contribution is 2.29. The van der Waals surface area contributed by atoms with E-state index in [1.807, 2.05) is 48.5 Å². The third-order valence-corrected chi connectivity index (χ3v) is 5.20. The van der Waals surface area contributed by atoms with E-state index in [9.17, 15) is 13.6 Å². The minimum Gasteiger partial charge on any atom is -0.384 e. The maximum absolute atomic E-state index is 12.8. The van der Waals surface area contributed by atoms with Gasteiger partial charge < -0.3 is 10.6 Å². The molecular formula is C23H24N4O3S. The monoisotopic (exact) mass is 436 g/mol. The van der Waals surface area contributed by atoms with Gasteiger partial charge in [-0.05, 0) is 28.8 Å². The van der Waals surface area contributed by atoms with Crippen LogP contribution in [0.25, 0.3) is 11.1 Å². The molecule has 5 N–H and O–H groups in total. The molecule has 0 bridgehead atoms. The van der Waals surface area contributed by atoms with Crippen molar-refractivity contribution in [2.75, 3.05) is 11.8 Å². The lowest BCUT2D eigenvalue weighted by Crippen LogP contribution is -2.28. The van der Waals surface area contributed by atoms with E-state index in [4.69, 9.17) is 11.1 Å². The van der Waals surface area contributed by atoms with Crippen LogP contribution in [0.1, 0.15) is 16.7 Å². The van der Waals surface area contributed by atoms with Crippen molar-refractivity contribution < 1.29 is 13.6 Å². The molecule has 0 spiro atoms. The Morgan fingerprint density at radius 2 is 1.81 bits per heavy atom. The molecule has 0 aliphatic heterocycles. The minimum absolute atomic E-state index is 0.0179. The standard InChI is InChI=1S/C23H24N4O3S/c1-27(15-17-6-5-9-19(12-17)23(24)25)22(28)14-16-10-11-20(18-7-3-2-4-8-18)21(13-16)26-31(29)30/h2-13,26H,14-15H2,1H3,(H3,24,25)(H,29,30). The van der Waals surface area contributed by atoms with Crippen LogP contribution in [-0.4, -0.2) is 32.5 Å². The van der Waals surface area contributed by atoms with Crippen molar-refractivity contribution in [3.63, 3.8) is 0 Å². The van der Waals surface area contributed by atoms with Gasteiger partial charge in [-0.25, -0.2) is 4.21 Å². The Hall–Kier alpha value is -3.49. The molecule has 0 saturated heterocycles. The summed E-state index contributed by atoms with van der Waals surface area (Å²) in [6.07, 6.45) is 0.144. The number of carbonyl (C=O) groups excluding carboxylic acids is 1. The van der Waals surface area contributed by atoms with Gasteiger partial charge in [-0.3, -0.25) is 19.5 Å². The van der Waals surface area contributed by atoms with Crippen molar-refractivity contribution >= 4 is 28.7 Å².